The smallest absolute Gasteiger partial charge is 0.145 e. The van der Waals surface area contributed by atoms with Crippen molar-refractivity contribution in [1.29, 1.82) is 0 Å². The normalized spacial score (nSPS) is 10.8. The molecule has 0 aliphatic rings. The van der Waals surface area contributed by atoms with E-state index in [0.29, 0.717) is 12.4 Å². The summed E-state index contributed by atoms with van der Waals surface area (Å²) < 4.78 is 7.87. The largest absolute Gasteiger partial charge is 0.508 e. The van der Waals surface area contributed by atoms with Crippen molar-refractivity contribution in [1.82, 2.24) is 14.8 Å². The summed E-state index contributed by atoms with van der Waals surface area (Å²) in [6.45, 7) is 4.63. The first kappa shape index (κ1) is 16.1. The lowest BCUT2D eigenvalue weighted by molar-refractivity contribution is 0.321. The molecule has 0 saturated carbocycles. The van der Waals surface area contributed by atoms with Gasteiger partial charge in [0.2, 0.25) is 0 Å². The second-order valence-electron chi connectivity index (χ2n) is 5.77. The summed E-state index contributed by atoms with van der Waals surface area (Å²) in [5.41, 5.74) is 4.99. The van der Waals surface area contributed by atoms with Crippen molar-refractivity contribution in [2.45, 2.75) is 20.3 Å². The number of aromatic nitrogens is 3. The third-order valence-corrected chi connectivity index (χ3v) is 4.16. The van der Waals surface area contributed by atoms with E-state index in [2.05, 4.69) is 17.0 Å². The first-order valence-electron chi connectivity index (χ1n) is 7.92. The van der Waals surface area contributed by atoms with Gasteiger partial charge in [-0.15, -0.1) is 0 Å². The van der Waals surface area contributed by atoms with Gasteiger partial charge in [0.25, 0.3) is 0 Å². The van der Waals surface area contributed by atoms with Crippen molar-refractivity contribution in [2.75, 3.05) is 6.61 Å². The predicted octanol–water partition coefficient (Wildman–Crippen LogP) is 3.43. The Morgan fingerprint density at radius 2 is 2.00 bits per heavy atom. The zero-order chi connectivity index (χ0) is 17.1. The van der Waals surface area contributed by atoms with E-state index in [9.17, 15) is 5.11 Å². The van der Waals surface area contributed by atoms with Crippen LogP contribution in [0, 0.1) is 13.8 Å². The molecule has 5 heteroatoms. The minimum atomic E-state index is 0.214. The first-order chi connectivity index (χ1) is 11.6. The number of phenols is 1. The Morgan fingerprint density at radius 1 is 1.17 bits per heavy atom. The molecule has 0 aliphatic carbocycles. The average molecular weight is 323 g/mol. The highest BCUT2D eigenvalue weighted by Gasteiger charge is 2.11. The van der Waals surface area contributed by atoms with E-state index in [1.807, 2.05) is 36.9 Å². The minimum Gasteiger partial charge on any atom is -0.508 e. The molecule has 0 fully saturated rings. The number of benzene rings is 1. The summed E-state index contributed by atoms with van der Waals surface area (Å²) in [7, 11) is 1.95. The van der Waals surface area contributed by atoms with Gasteiger partial charge >= 0.3 is 0 Å². The van der Waals surface area contributed by atoms with Gasteiger partial charge in [-0.05, 0) is 43.7 Å². The molecule has 24 heavy (non-hydrogen) atoms. The number of phenolic OH excluding ortho intramolecular Hbond substituents is 1. The fourth-order valence-electron chi connectivity index (χ4n) is 2.82. The number of aryl methyl sites for hydroxylation is 2. The van der Waals surface area contributed by atoms with Crippen LogP contribution in [0.3, 0.4) is 0 Å². The summed E-state index contributed by atoms with van der Waals surface area (Å²) >= 11 is 0. The van der Waals surface area contributed by atoms with E-state index in [1.54, 1.807) is 24.4 Å². The fraction of sp³-hybridized carbons (Fsp3) is 0.263. The zero-order valence-electron chi connectivity index (χ0n) is 14.2. The Kier molecular flexibility index (Phi) is 4.51. The van der Waals surface area contributed by atoms with Crippen LogP contribution in [-0.2, 0) is 13.5 Å². The zero-order valence-corrected chi connectivity index (χ0v) is 14.2. The van der Waals surface area contributed by atoms with E-state index >= 15 is 0 Å². The maximum absolute atomic E-state index is 9.68. The molecule has 3 aromatic rings. The van der Waals surface area contributed by atoms with Crippen molar-refractivity contribution >= 4 is 0 Å². The Bertz CT molecular complexity index is 856. The molecule has 0 aliphatic heterocycles. The van der Waals surface area contributed by atoms with Crippen LogP contribution in [0.25, 0.3) is 11.3 Å². The highest BCUT2D eigenvalue weighted by molar-refractivity contribution is 5.67. The molecule has 0 unspecified atom stereocenters. The lowest BCUT2D eigenvalue weighted by Gasteiger charge is -2.11. The number of hydrogen-bond donors (Lipinski definition) is 1. The van der Waals surface area contributed by atoms with Crippen molar-refractivity contribution < 1.29 is 9.84 Å². The van der Waals surface area contributed by atoms with Gasteiger partial charge in [0.15, 0.2) is 0 Å². The monoisotopic (exact) mass is 323 g/mol. The van der Waals surface area contributed by atoms with Gasteiger partial charge < -0.3 is 9.84 Å². The van der Waals surface area contributed by atoms with Gasteiger partial charge in [0.05, 0.1) is 12.3 Å². The number of hydrogen-bond acceptors (Lipinski definition) is 4. The first-order valence-corrected chi connectivity index (χ1v) is 7.92. The minimum absolute atomic E-state index is 0.214. The molecule has 2 heterocycles. The maximum Gasteiger partial charge on any atom is 0.145 e. The maximum atomic E-state index is 9.68. The van der Waals surface area contributed by atoms with Gasteiger partial charge in [0.1, 0.15) is 17.2 Å². The molecule has 124 valence electrons. The summed E-state index contributed by atoms with van der Waals surface area (Å²) in [5.74, 6) is 0.924. The molecule has 0 bridgehead atoms. The van der Waals surface area contributed by atoms with E-state index < -0.39 is 0 Å². The molecular formula is C19H21N3O2. The standard InChI is InChI=1S/C19H21N3O2/c1-13-17(14(2)22(3)21-13)9-11-24-18-8-5-10-20-19(18)15-6-4-7-16(23)12-15/h4-8,10,12,23H,9,11H2,1-3H3. The van der Waals surface area contributed by atoms with E-state index in [4.69, 9.17) is 4.74 Å². The Morgan fingerprint density at radius 3 is 2.71 bits per heavy atom. The van der Waals surface area contributed by atoms with Crippen LogP contribution in [0.1, 0.15) is 17.0 Å². The SMILES string of the molecule is Cc1nn(C)c(C)c1CCOc1cccnc1-c1cccc(O)c1. The molecule has 0 atom stereocenters. The number of pyridine rings is 1. The molecule has 1 aromatic carbocycles. The van der Waals surface area contributed by atoms with Crippen molar-refractivity contribution in [3.63, 3.8) is 0 Å². The Balaban J connectivity index is 1.77. The highest BCUT2D eigenvalue weighted by atomic mass is 16.5. The van der Waals surface area contributed by atoms with E-state index in [0.717, 1.165) is 29.1 Å². The van der Waals surface area contributed by atoms with Crippen LogP contribution < -0.4 is 4.74 Å². The van der Waals surface area contributed by atoms with Crippen molar-refractivity contribution in [3.05, 3.63) is 59.5 Å². The van der Waals surface area contributed by atoms with Crippen LogP contribution in [0.15, 0.2) is 42.6 Å². The molecule has 2 aromatic heterocycles. The summed E-state index contributed by atoms with van der Waals surface area (Å²) in [6.07, 6.45) is 2.52. The van der Waals surface area contributed by atoms with Gasteiger partial charge in [-0.25, -0.2) is 0 Å². The fourth-order valence-corrected chi connectivity index (χ4v) is 2.82. The molecular weight excluding hydrogens is 302 g/mol. The lowest BCUT2D eigenvalue weighted by Crippen LogP contribution is -2.05. The Labute approximate surface area is 141 Å². The summed E-state index contributed by atoms with van der Waals surface area (Å²) in [4.78, 5) is 4.40. The predicted molar refractivity (Wildman–Crippen MR) is 93.2 cm³/mol. The number of rotatable bonds is 5. The molecule has 0 spiro atoms. The second-order valence-corrected chi connectivity index (χ2v) is 5.77. The molecule has 5 nitrogen and oxygen atoms in total. The lowest BCUT2D eigenvalue weighted by atomic mass is 10.1. The molecule has 0 amide bonds. The number of ether oxygens (including phenoxy) is 1. The highest BCUT2D eigenvalue weighted by Crippen LogP contribution is 2.29. The molecule has 0 radical (unpaired) electrons. The van der Waals surface area contributed by atoms with Crippen LogP contribution in [0.2, 0.25) is 0 Å². The third kappa shape index (κ3) is 3.25. The van der Waals surface area contributed by atoms with Gasteiger partial charge in [-0.1, -0.05) is 12.1 Å². The Hall–Kier alpha value is -2.82. The van der Waals surface area contributed by atoms with Crippen molar-refractivity contribution in [3.8, 4) is 22.8 Å². The van der Waals surface area contributed by atoms with Crippen LogP contribution >= 0.6 is 0 Å². The molecule has 1 N–H and O–H groups in total. The molecule has 0 saturated heterocycles. The third-order valence-electron chi connectivity index (χ3n) is 4.16. The average Bonchev–Trinajstić information content (AvgIpc) is 2.81. The number of nitrogens with zero attached hydrogens (tertiary/aromatic N) is 3. The van der Waals surface area contributed by atoms with E-state index in [1.165, 1.54) is 5.56 Å². The van der Waals surface area contributed by atoms with Crippen molar-refractivity contribution in [2.24, 2.45) is 7.05 Å². The van der Waals surface area contributed by atoms with Gasteiger partial charge in [0, 0.05) is 30.9 Å². The number of aromatic hydroxyl groups is 1. The summed E-state index contributed by atoms with van der Waals surface area (Å²) in [5, 5.41) is 14.1. The van der Waals surface area contributed by atoms with E-state index in [-0.39, 0.29) is 5.75 Å². The molecule has 3 rings (SSSR count). The van der Waals surface area contributed by atoms with Gasteiger partial charge in [-0.2, -0.15) is 5.10 Å². The second kappa shape index (κ2) is 6.74. The quantitative estimate of drug-likeness (QED) is 0.781. The summed E-state index contributed by atoms with van der Waals surface area (Å²) in [6, 6.07) is 10.8. The van der Waals surface area contributed by atoms with Crippen LogP contribution in [-0.4, -0.2) is 26.5 Å². The van der Waals surface area contributed by atoms with Crippen LogP contribution in [0.5, 0.6) is 11.5 Å². The van der Waals surface area contributed by atoms with Crippen LogP contribution in [0.4, 0.5) is 0 Å². The van der Waals surface area contributed by atoms with Gasteiger partial charge in [-0.3, -0.25) is 9.67 Å². The topological polar surface area (TPSA) is 60.2 Å².